The van der Waals surface area contributed by atoms with Crippen molar-refractivity contribution in [3.05, 3.63) is 126 Å². The first-order valence-electron chi connectivity index (χ1n) is 16.6. The number of ether oxygens (including phenoxy) is 2. The molecule has 3 N–H and O–H groups in total. The molecular formula is C38H40N6O5S. The van der Waals surface area contributed by atoms with Gasteiger partial charge in [0.05, 0.1) is 19.3 Å². The summed E-state index contributed by atoms with van der Waals surface area (Å²) in [6, 6.07) is 29.9. The molecule has 0 aliphatic carbocycles. The van der Waals surface area contributed by atoms with E-state index in [0.717, 1.165) is 28.7 Å². The lowest BCUT2D eigenvalue weighted by Crippen LogP contribution is -2.52. The zero-order valence-corrected chi connectivity index (χ0v) is 28.7. The number of alkyl carbamates (subject to hydrolysis) is 1. The fourth-order valence-corrected chi connectivity index (χ4v) is 6.93. The first-order valence-corrected chi connectivity index (χ1v) is 17.6. The second-order valence-electron chi connectivity index (χ2n) is 12.0. The lowest BCUT2D eigenvalue weighted by molar-refractivity contribution is -0.118. The molecule has 0 unspecified atom stereocenters. The number of pyridine rings is 1. The van der Waals surface area contributed by atoms with Crippen molar-refractivity contribution in [2.75, 3.05) is 24.7 Å². The molecule has 50 heavy (non-hydrogen) atoms. The highest BCUT2D eigenvalue weighted by Gasteiger charge is 2.34. The molecule has 1 fully saturated rings. The normalized spacial score (nSPS) is 17.9. The molecule has 2 aromatic heterocycles. The van der Waals surface area contributed by atoms with Crippen molar-refractivity contribution in [1.82, 2.24) is 25.8 Å². The smallest absolute Gasteiger partial charge is 0.407 e. The Labute approximate surface area is 295 Å². The van der Waals surface area contributed by atoms with Gasteiger partial charge >= 0.3 is 6.09 Å². The number of hydrogen-bond acceptors (Lipinski definition) is 10. The number of carbonyl (C=O) groups excluding carboxylic acids is 2. The molecule has 0 saturated carbocycles. The standard InChI is InChI=1S/C38H40N6O5S/c1-25-32(24-50-38-44-43-36(49-38)29-19-21-39-22-20-29)48-30(23-40-25)18-17-26-11-9-10-16-31(26)41-35(45)34(42-37(46)47-2)33(27-12-5-3-6-13-27)28-14-7-4-8-15-28/h3-16,19-22,25,30,32-34,40H,17-18,23-24H2,1-2H3,(H,41,45)(H,42,46)/t25-,30-,32-,34+/m1/s1. The molecule has 1 saturated heterocycles. The number of aromatic nitrogens is 3. The van der Waals surface area contributed by atoms with E-state index >= 15 is 0 Å². The largest absolute Gasteiger partial charge is 0.453 e. The summed E-state index contributed by atoms with van der Waals surface area (Å²) in [5, 5.41) is 18.4. The van der Waals surface area contributed by atoms with Crippen molar-refractivity contribution < 1.29 is 23.5 Å². The van der Waals surface area contributed by atoms with Crippen molar-refractivity contribution in [3.8, 4) is 11.5 Å². The van der Waals surface area contributed by atoms with Gasteiger partial charge in [0.25, 0.3) is 5.22 Å². The fraction of sp³-hybridized carbons (Fsp3) is 0.289. The SMILES string of the molecule is COC(=O)N[C@H](C(=O)Nc1ccccc1CC[C@@H]1CN[C@H](C)[C@@H](CSc2nnc(-c3ccncc3)o2)O1)C(c1ccccc1)c1ccccc1. The van der Waals surface area contributed by atoms with Crippen LogP contribution in [0.25, 0.3) is 11.5 Å². The number of anilines is 1. The summed E-state index contributed by atoms with van der Waals surface area (Å²) >= 11 is 1.47. The molecule has 11 nitrogen and oxygen atoms in total. The number of aryl methyl sites for hydroxylation is 1. The number of carbonyl (C=O) groups is 2. The van der Waals surface area contributed by atoms with Gasteiger partial charge in [0.1, 0.15) is 6.04 Å². The van der Waals surface area contributed by atoms with Crippen LogP contribution in [-0.2, 0) is 20.7 Å². The summed E-state index contributed by atoms with van der Waals surface area (Å²) < 4.78 is 17.3. The highest BCUT2D eigenvalue weighted by molar-refractivity contribution is 7.99. The van der Waals surface area contributed by atoms with E-state index in [1.807, 2.05) is 97.1 Å². The highest BCUT2D eigenvalue weighted by atomic mass is 32.2. The van der Waals surface area contributed by atoms with Crippen LogP contribution in [0.3, 0.4) is 0 Å². The van der Waals surface area contributed by atoms with Crippen LogP contribution in [0.2, 0.25) is 0 Å². The Balaban J connectivity index is 1.11. The molecule has 5 aromatic rings. The molecule has 12 heteroatoms. The predicted molar refractivity (Wildman–Crippen MR) is 192 cm³/mol. The third kappa shape index (κ3) is 8.94. The number of nitrogens with one attached hydrogen (secondary N) is 3. The van der Waals surface area contributed by atoms with Gasteiger partial charge in [-0.3, -0.25) is 9.78 Å². The van der Waals surface area contributed by atoms with Gasteiger partial charge in [0.2, 0.25) is 11.8 Å². The van der Waals surface area contributed by atoms with E-state index in [1.54, 1.807) is 12.4 Å². The topological polar surface area (TPSA) is 140 Å². The minimum Gasteiger partial charge on any atom is -0.453 e. The van der Waals surface area contributed by atoms with Gasteiger partial charge in [0, 0.05) is 47.9 Å². The lowest BCUT2D eigenvalue weighted by Gasteiger charge is -2.35. The van der Waals surface area contributed by atoms with Gasteiger partial charge in [-0.2, -0.15) is 0 Å². The summed E-state index contributed by atoms with van der Waals surface area (Å²) in [4.78, 5) is 30.7. The Bertz CT molecular complexity index is 1790. The Kier molecular flexibility index (Phi) is 11.9. The average Bonchev–Trinajstić information content (AvgIpc) is 3.64. The van der Waals surface area contributed by atoms with Gasteiger partial charge < -0.3 is 29.8 Å². The Morgan fingerprint density at radius 1 is 0.940 bits per heavy atom. The molecule has 0 spiro atoms. The Morgan fingerprint density at radius 2 is 1.62 bits per heavy atom. The van der Waals surface area contributed by atoms with E-state index in [2.05, 4.69) is 38.1 Å². The molecule has 6 rings (SSSR count). The maximum Gasteiger partial charge on any atom is 0.407 e. The summed E-state index contributed by atoms with van der Waals surface area (Å²) in [5.74, 6) is 0.289. The van der Waals surface area contributed by atoms with Gasteiger partial charge in [-0.15, -0.1) is 10.2 Å². The van der Waals surface area contributed by atoms with Gasteiger partial charge in [-0.1, -0.05) is 90.6 Å². The van der Waals surface area contributed by atoms with E-state index < -0.39 is 18.1 Å². The number of amides is 2. The van der Waals surface area contributed by atoms with E-state index in [-0.39, 0.29) is 24.2 Å². The zero-order valence-electron chi connectivity index (χ0n) is 27.9. The number of thioether (sulfide) groups is 1. The highest BCUT2D eigenvalue weighted by Crippen LogP contribution is 2.30. The monoisotopic (exact) mass is 692 g/mol. The van der Waals surface area contributed by atoms with Crippen LogP contribution in [0.15, 0.2) is 119 Å². The second kappa shape index (κ2) is 17.1. The predicted octanol–water partition coefficient (Wildman–Crippen LogP) is 6.10. The molecular weight excluding hydrogens is 653 g/mol. The van der Waals surface area contributed by atoms with Crippen molar-refractivity contribution >= 4 is 29.4 Å². The summed E-state index contributed by atoms with van der Waals surface area (Å²) in [5.41, 5.74) is 4.25. The third-order valence-electron chi connectivity index (χ3n) is 8.70. The zero-order chi connectivity index (χ0) is 34.7. The van der Waals surface area contributed by atoms with Crippen LogP contribution in [0.5, 0.6) is 0 Å². The van der Waals surface area contributed by atoms with Crippen molar-refractivity contribution in [3.63, 3.8) is 0 Å². The van der Waals surface area contributed by atoms with Crippen LogP contribution in [0.1, 0.15) is 36.0 Å². The third-order valence-corrected chi connectivity index (χ3v) is 9.61. The maximum atomic E-state index is 14.1. The number of hydrogen-bond donors (Lipinski definition) is 3. The van der Waals surface area contributed by atoms with Crippen molar-refractivity contribution in [2.45, 2.75) is 55.2 Å². The number of morpholine rings is 1. The van der Waals surface area contributed by atoms with Crippen molar-refractivity contribution in [2.24, 2.45) is 0 Å². The second-order valence-corrected chi connectivity index (χ2v) is 13.0. The summed E-state index contributed by atoms with van der Waals surface area (Å²) in [7, 11) is 1.29. The minimum atomic E-state index is -0.953. The molecule has 3 heterocycles. The average molecular weight is 693 g/mol. The quantitative estimate of drug-likeness (QED) is 0.124. The van der Waals surface area contributed by atoms with Crippen molar-refractivity contribution in [1.29, 1.82) is 0 Å². The molecule has 0 radical (unpaired) electrons. The van der Waals surface area contributed by atoms with Gasteiger partial charge in [-0.05, 0) is 54.7 Å². The lowest BCUT2D eigenvalue weighted by atomic mass is 9.84. The molecule has 1 aliphatic heterocycles. The van der Waals surface area contributed by atoms with Crippen LogP contribution >= 0.6 is 11.8 Å². The number of methoxy groups -OCH3 is 1. The number of para-hydroxylation sites is 1. The van der Waals surface area contributed by atoms with Crippen LogP contribution in [-0.4, -0.2) is 70.9 Å². The van der Waals surface area contributed by atoms with Crippen LogP contribution in [0.4, 0.5) is 10.5 Å². The van der Waals surface area contributed by atoms with E-state index in [0.29, 0.717) is 35.5 Å². The maximum absolute atomic E-state index is 14.1. The molecule has 258 valence electrons. The summed E-state index contributed by atoms with van der Waals surface area (Å²) in [6.45, 7) is 2.82. The molecule has 2 amide bonds. The van der Waals surface area contributed by atoms with E-state index in [1.165, 1.54) is 18.9 Å². The van der Waals surface area contributed by atoms with Gasteiger partial charge in [0.15, 0.2) is 0 Å². The molecule has 1 aliphatic rings. The molecule has 0 bridgehead atoms. The Morgan fingerprint density at radius 3 is 2.32 bits per heavy atom. The first kappa shape index (κ1) is 34.8. The number of rotatable bonds is 13. The summed E-state index contributed by atoms with van der Waals surface area (Å²) in [6.07, 6.45) is 4.00. The molecule has 4 atom stereocenters. The minimum absolute atomic E-state index is 0.0371. The van der Waals surface area contributed by atoms with E-state index in [9.17, 15) is 9.59 Å². The number of nitrogens with zero attached hydrogens (tertiary/aromatic N) is 3. The first-order chi connectivity index (χ1) is 24.5. The van der Waals surface area contributed by atoms with Crippen LogP contribution in [0, 0.1) is 0 Å². The van der Waals surface area contributed by atoms with Crippen LogP contribution < -0.4 is 16.0 Å². The Hall–Kier alpha value is -5.04. The fourth-order valence-electron chi connectivity index (χ4n) is 6.02. The van der Waals surface area contributed by atoms with E-state index in [4.69, 9.17) is 13.9 Å². The number of benzene rings is 3. The molecule has 3 aromatic carbocycles. The van der Waals surface area contributed by atoms with Gasteiger partial charge in [-0.25, -0.2) is 4.79 Å².